The van der Waals surface area contributed by atoms with E-state index in [4.69, 9.17) is 5.11 Å². The number of carbonyl (C=O) groups is 1. The molecular formula is C6H14N2O6S2. The fourth-order valence-corrected chi connectivity index (χ4v) is 2.76. The largest absolute Gasteiger partial charge is 0.480 e. The van der Waals surface area contributed by atoms with Gasteiger partial charge in [-0.1, -0.05) is 6.92 Å². The Hall–Kier alpha value is -0.710. The van der Waals surface area contributed by atoms with Crippen molar-refractivity contribution < 1.29 is 26.7 Å². The number of hydrogen-bond acceptors (Lipinski definition) is 5. The van der Waals surface area contributed by atoms with E-state index in [9.17, 15) is 21.6 Å². The fraction of sp³-hybridized carbons (Fsp3) is 0.833. The molecule has 0 fully saturated rings. The highest BCUT2D eigenvalue weighted by atomic mass is 32.2. The summed E-state index contributed by atoms with van der Waals surface area (Å²) in [5.74, 6) is -3.00. The number of sulfonamides is 2. The molecule has 0 amide bonds. The summed E-state index contributed by atoms with van der Waals surface area (Å²) in [6.07, 6.45) is 0. The van der Waals surface area contributed by atoms with Crippen molar-refractivity contribution in [1.29, 1.82) is 0 Å². The van der Waals surface area contributed by atoms with E-state index in [2.05, 4.69) is 4.72 Å². The predicted octanol–water partition coefficient (Wildman–Crippen LogP) is -2.07. The standard InChI is InChI=1S/C6H14N2O6S2/c1-2-7-15(11,12)4-3-8-16(13,14)5-6(9)10/h7-8H,2-5H2,1H3,(H,9,10). The van der Waals surface area contributed by atoms with Crippen LogP contribution >= 0.6 is 0 Å². The van der Waals surface area contributed by atoms with Crippen molar-refractivity contribution in [2.45, 2.75) is 6.92 Å². The van der Waals surface area contributed by atoms with Crippen molar-refractivity contribution in [3.8, 4) is 0 Å². The highest BCUT2D eigenvalue weighted by Crippen LogP contribution is 1.86. The molecule has 10 heteroatoms. The molecule has 0 saturated carbocycles. The summed E-state index contributed by atoms with van der Waals surface area (Å²) in [6, 6.07) is 0. The Morgan fingerprint density at radius 3 is 2.12 bits per heavy atom. The van der Waals surface area contributed by atoms with Gasteiger partial charge in [0.15, 0.2) is 5.75 Å². The summed E-state index contributed by atoms with van der Waals surface area (Å²) in [5, 5.41) is 8.24. The molecule has 0 aromatic carbocycles. The highest BCUT2D eigenvalue weighted by molar-refractivity contribution is 7.90. The van der Waals surface area contributed by atoms with Gasteiger partial charge in [0.1, 0.15) is 0 Å². The van der Waals surface area contributed by atoms with Gasteiger partial charge in [-0.3, -0.25) is 4.79 Å². The van der Waals surface area contributed by atoms with Crippen LogP contribution in [0.3, 0.4) is 0 Å². The number of aliphatic carboxylic acids is 1. The maximum atomic E-state index is 11.1. The minimum atomic E-state index is -3.96. The molecule has 0 aliphatic rings. The van der Waals surface area contributed by atoms with E-state index in [0.717, 1.165) is 0 Å². The lowest BCUT2D eigenvalue weighted by molar-refractivity contribution is -0.134. The summed E-state index contributed by atoms with van der Waals surface area (Å²) < 4.78 is 48.2. The number of nitrogens with one attached hydrogen (secondary N) is 2. The second kappa shape index (κ2) is 6.13. The first-order valence-electron chi connectivity index (χ1n) is 4.35. The van der Waals surface area contributed by atoms with E-state index in [1.807, 2.05) is 4.72 Å². The average Bonchev–Trinajstić information content (AvgIpc) is 1.99. The lowest BCUT2D eigenvalue weighted by Gasteiger charge is -2.05. The van der Waals surface area contributed by atoms with Gasteiger partial charge >= 0.3 is 5.97 Å². The molecule has 0 spiro atoms. The summed E-state index contributed by atoms with van der Waals surface area (Å²) >= 11 is 0. The van der Waals surface area contributed by atoms with Crippen molar-refractivity contribution >= 4 is 26.0 Å². The average molecular weight is 274 g/mol. The van der Waals surface area contributed by atoms with Gasteiger partial charge in [-0.2, -0.15) is 0 Å². The fourth-order valence-electron chi connectivity index (χ4n) is 0.837. The molecule has 0 heterocycles. The Morgan fingerprint density at radius 2 is 1.69 bits per heavy atom. The zero-order valence-electron chi connectivity index (χ0n) is 8.63. The van der Waals surface area contributed by atoms with Crippen molar-refractivity contribution in [2.75, 3.05) is 24.6 Å². The van der Waals surface area contributed by atoms with Crippen molar-refractivity contribution in [3.63, 3.8) is 0 Å². The smallest absolute Gasteiger partial charge is 0.320 e. The van der Waals surface area contributed by atoms with E-state index in [-0.39, 0.29) is 13.1 Å². The summed E-state index contributed by atoms with van der Waals surface area (Å²) in [5.41, 5.74) is 0. The molecule has 0 aliphatic carbocycles. The van der Waals surface area contributed by atoms with Gasteiger partial charge in [0, 0.05) is 13.1 Å². The maximum Gasteiger partial charge on any atom is 0.320 e. The SMILES string of the molecule is CCNS(=O)(=O)CCNS(=O)(=O)CC(=O)O. The van der Waals surface area contributed by atoms with Crippen LogP contribution in [0.25, 0.3) is 0 Å². The van der Waals surface area contributed by atoms with Crippen LogP contribution in [0.5, 0.6) is 0 Å². The summed E-state index contributed by atoms with van der Waals surface area (Å²) in [6.45, 7) is 1.45. The maximum absolute atomic E-state index is 11.1. The summed E-state index contributed by atoms with van der Waals surface area (Å²) in [4.78, 5) is 10.1. The van der Waals surface area contributed by atoms with Gasteiger partial charge < -0.3 is 5.11 Å². The third-order valence-corrected chi connectivity index (χ3v) is 4.11. The minimum absolute atomic E-state index is 0.213. The Morgan fingerprint density at radius 1 is 1.12 bits per heavy atom. The Kier molecular flexibility index (Phi) is 5.86. The van der Waals surface area contributed by atoms with Crippen LogP contribution in [0.4, 0.5) is 0 Å². The molecule has 0 aliphatic heterocycles. The van der Waals surface area contributed by atoms with Gasteiger partial charge in [0.05, 0.1) is 5.75 Å². The lowest BCUT2D eigenvalue weighted by atomic mass is 10.8. The molecule has 0 aromatic heterocycles. The van der Waals surface area contributed by atoms with Crippen LogP contribution in [0.2, 0.25) is 0 Å². The van der Waals surface area contributed by atoms with Crippen LogP contribution in [-0.4, -0.2) is 52.5 Å². The van der Waals surface area contributed by atoms with Gasteiger partial charge in [-0.15, -0.1) is 0 Å². The van der Waals surface area contributed by atoms with E-state index in [1.54, 1.807) is 6.92 Å². The molecule has 0 rings (SSSR count). The molecule has 0 unspecified atom stereocenters. The van der Waals surface area contributed by atoms with E-state index in [0.29, 0.717) is 0 Å². The number of carboxylic acid groups (broad SMARTS) is 1. The third-order valence-electron chi connectivity index (χ3n) is 1.37. The Labute approximate surface area is 94.1 Å². The molecule has 0 saturated heterocycles. The molecule has 0 aromatic rings. The molecule has 0 atom stereocenters. The van der Waals surface area contributed by atoms with Gasteiger partial charge in [-0.05, 0) is 0 Å². The van der Waals surface area contributed by atoms with E-state index >= 15 is 0 Å². The van der Waals surface area contributed by atoms with Crippen molar-refractivity contribution in [1.82, 2.24) is 9.44 Å². The molecule has 96 valence electrons. The normalized spacial score (nSPS) is 12.6. The van der Waals surface area contributed by atoms with Gasteiger partial charge in [0.2, 0.25) is 20.0 Å². The first-order chi connectivity index (χ1) is 7.18. The predicted molar refractivity (Wildman–Crippen MR) is 56.9 cm³/mol. The van der Waals surface area contributed by atoms with Crippen LogP contribution in [0.1, 0.15) is 6.92 Å². The van der Waals surface area contributed by atoms with Crippen LogP contribution in [0, 0.1) is 0 Å². The Balaban J connectivity index is 4.13. The topological polar surface area (TPSA) is 130 Å². The number of carboxylic acids is 1. The zero-order valence-corrected chi connectivity index (χ0v) is 10.3. The van der Waals surface area contributed by atoms with Crippen LogP contribution in [-0.2, 0) is 24.8 Å². The Bertz CT molecular complexity index is 426. The van der Waals surface area contributed by atoms with E-state index in [1.165, 1.54) is 0 Å². The van der Waals surface area contributed by atoms with Crippen molar-refractivity contribution in [3.05, 3.63) is 0 Å². The quantitative estimate of drug-likeness (QED) is 0.466. The molecular weight excluding hydrogens is 260 g/mol. The van der Waals surface area contributed by atoms with Crippen LogP contribution < -0.4 is 9.44 Å². The van der Waals surface area contributed by atoms with Gasteiger partial charge in [-0.25, -0.2) is 26.3 Å². The monoisotopic (exact) mass is 274 g/mol. The van der Waals surface area contributed by atoms with Gasteiger partial charge in [0.25, 0.3) is 0 Å². The van der Waals surface area contributed by atoms with Crippen LogP contribution in [0.15, 0.2) is 0 Å². The molecule has 16 heavy (non-hydrogen) atoms. The molecule has 8 nitrogen and oxygen atoms in total. The van der Waals surface area contributed by atoms with E-state index < -0.39 is 37.5 Å². The number of hydrogen-bond donors (Lipinski definition) is 3. The number of rotatable bonds is 8. The summed E-state index contributed by atoms with van der Waals surface area (Å²) in [7, 11) is -7.47. The zero-order chi connectivity index (χ0) is 12.8. The molecule has 3 N–H and O–H groups in total. The minimum Gasteiger partial charge on any atom is -0.480 e. The highest BCUT2D eigenvalue weighted by Gasteiger charge is 2.16. The molecule has 0 bridgehead atoms. The molecule has 0 radical (unpaired) electrons. The third kappa shape index (κ3) is 7.56. The first-order valence-corrected chi connectivity index (χ1v) is 7.65. The first kappa shape index (κ1) is 15.3. The van der Waals surface area contributed by atoms with Crippen molar-refractivity contribution in [2.24, 2.45) is 0 Å². The lowest BCUT2D eigenvalue weighted by Crippen LogP contribution is -2.36. The second-order valence-corrected chi connectivity index (χ2v) is 6.60. The second-order valence-electron chi connectivity index (χ2n) is 2.86.